The number of carbonyl (C=O) groups is 1. The molecule has 4 heteroatoms. The van der Waals surface area contributed by atoms with Gasteiger partial charge in [-0.15, -0.1) is 0 Å². The molecule has 0 unspecified atom stereocenters. The van der Waals surface area contributed by atoms with Gasteiger partial charge in [-0.2, -0.15) is 0 Å². The third-order valence-electron chi connectivity index (χ3n) is 4.99. The largest absolute Gasteiger partial charge is 0.340 e. The Labute approximate surface area is 145 Å². The standard InChI is InChI=1S/C20H30N2O2/c1-17(2)13-20(14-18(3,4)21-17)22(16(23)19(5,6)24-20)12-15-10-8-7-9-11-15/h7-11,21H,12-14H2,1-6H3. The van der Waals surface area contributed by atoms with Crippen molar-refractivity contribution >= 4 is 5.91 Å². The fourth-order valence-corrected chi connectivity index (χ4v) is 4.78. The third kappa shape index (κ3) is 3.09. The van der Waals surface area contributed by atoms with Crippen LogP contribution >= 0.6 is 0 Å². The molecular weight excluding hydrogens is 300 g/mol. The zero-order chi connectivity index (χ0) is 17.8. The first kappa shape index (κ1) is 17.4. The Morgan fingerprint density at radius 3 is 2.08 bits per heavy atom. The Morgan fingerprint density at radius 2 is 1.54 bits per heavy atom. The molecule has 1 aromatic carbocycles. The van der Waals surface area contributed by atoms with Crippen molar-refractivity contribution in [1.82, 2.24) is 10.2 Å². The molecule has 3 rings (SSSR count). The Kier molecular flexibility index (Phi) is 3.85. The van der Waals surface area contributed by atoms with Gasteiger partial charge < -0.3 is 15.0 Å². The Bertz CT molecular complexity index is 618. The minimum atomic E-state index is -0.779. The van der Waals surface area contributed by atoms with Crippen LogP contribution in [0.25, 0.3) is 0 Å². The van der Waals surface area contributed by atoms with Crippen LogP contribution in [-0.4, -0.2) is 33.2 Å². The van der Waals surface area contributed by atoms with E-state index in [4.69, 9.17) is 4.74 Å². The Hall–Kier alpha value is -1.39. The van der Waals surface area contributed by atoms with E-state index in [2.05, 4.69) is 45.1 Å². The molecule has 1 spiro atoms. The smallest absolute Gasteiger partial charge is 0.256 e. The summed E-state index contributed by atoms with van der Waals surface area (Å²) in [5, 5.41) is 3.69. The topological polar surface area (TPSA) is 41.6 Å². The highest BCUT2D eigenvalue weighted by molar-refractivity contribution is 5.87. The van der Waals surface area contributed by atoms with Gasteiger partial charge in [0.1, 0.15) is 11.3 Å². The van der Waals surface area contributed by atoms with E-state index in [1.54, 1.807) is 0 Å². The van der Waals surface area contributed by atoms with Gasteiger partial charge in [0.25, 0.3) is 5.91 Å². The lowest BCUT2D eigenvalue weighted by atomic mass is 9.76. The van der Waals surface area contributed by atoms with Gasteiger partial charge in [-0.05, 0) is 47.1 Å². The van der Waals surface area contributed by atoms with E-state index in [9.17, 15) is 4.79 Å². The normalized spacial score (nSPS) is 26.8. The van der Waals surface area contributed by atoms with Crippen LogP contribution < -0.4 is 5.32 Å². The summed E-state index contributed by atoms with van der Waals surface area (Å²) < 4.78 is 6.48. The predicted octanol–water partition coefficient (Wildman–Crippen LogP) is 3.46. The molecule has 2 aliphatic rings. The highest BCUT2D eigenvalue weighted by atomic mass is 16.6. The fraction of sp³-hybridized carbons (Fsp3) is 0.650. The number of hydrogen-bond donors (Lipinski definition) is 1. The summed E-state index contributed by atoms with van der Waals surface area (Å²) in [6, 6.07) is 10.2. The molecule has 2 fully saturated rings. The molecule has 24 heavy (non-hydrogen) atoms. The van der Waals surface area contributed by atoms with Gasteiger partial charge in [0.15, 0.2) is 0 Å². The lowest BCUT2D eigenvalue weighted by molar-refractivity contribution is -0.179. The maximum absolute atomic E-state index is 13.1. The first-order valence-electron chi connectivity index (χ1n) is 8.80. The van der Waals surface area contributed by atoms with Crippen molar-refractivity contribution in [2.24, 2.45) is 0 Å². The van der Waals surface area contributed by atoms with E-state index in [1.807, 2.05) is 36.9 Å². The lowest BCUT2D eigenvalue weighted by Gasteiger charge is -2.53. The fourth-order valence-electron chi connectivity index (χ4n) is 4.78. The van der Waals surface area contributed by atoms with E-state index in [0.717, 1.165) is 18.4 Å². The van der Waals surface area contributed by atoms with Crippen molar-refractivity contribution in [1.29, 1.82) is 0 Å². The van der Waals surface area contributed by atoms with E-state index < -0.39 is 11.3 Å². The van der Waals surface area contributed by atoms with Gasteiger partial charge in [-0.25, -0.2) is 0 Å². The predicted molar refractivity (Wildman–Crippen MR) is 95.4 cm³/mol. The van der Waals surface area contributed by atoms with E-state index in [1.165, 1.54) is 0 Å². The molecule has 0 bridgehead atoms. The van der Waals surface area contributed by atoms with Crippen molar-refractivity contribution in [3.63, 3.8) is 0 Å². The van der Waals surface area contributed by atoms with Crippen LogP contribution in [-0.2, 0) is 16.1 Å². The van der Waals surface area contributed by atoms with Gasteiger partial charge >= 0.3 is 0 Å². The molecule has 1 aromatic rings. The molecule has 4 nitrogen and oxygen atoms in total. The summed E-state index contributed by atoms with van der Waals surface area (Å²) in [4.78, 5) is 15.1. The quantitative estimate of drug-likeness (QED) is 0.903. The molecule has 0 aliphatic carbocycles. The number of piperidine rings is 1. The SMILES string of the molecule is CC1(C)CC2(CC(C)(C)N1)OC(C)(C)C(=O)N2Cc1ccccc1. The van der Waals surface area contributed by atoms with Crippen LogP contribution in [0, 0.1) is 0 Å². The number of hydrogen-bond acceptors (Lipinski definition) is 3. The van der Waals surface area contributed by atoms with Crippen LogP contribution in [0.2, 0.25) is 0 Å². The summed E-state index contributed by atoms with van der Waals surface area (Å²) >= 11 is 0. The van der Waals surface area contributed by atoms with E-state index >= 15 is 0 Å². The monoisotopic (exact) mass is 330 g/mol. The van der Waals surface area contributed by atoms with Crippen LogP contribution in [0.4, 0.5) is 0 Å². The molecule has 0 saturated carbocycles. The minimum absolute atomic E-state index is 0.0832. The van der Waals surface area contributed by atoms with Crippen molar-refractivity contribution in [2.75, 3.05) is 0 Å². The zero-order valence-electron chi connectivity index (χ0n) is 15.8. The number of nitrogens with zero attached hydrogens (tertiary/aromatic N) is 1. The molecule has 2 heterocycles. The average Bonchev–Trinajstić information content (AvgIpc) is 2.56. The second kappa shape index (κ2) is 5.30. The van der Waals surface area contributed by atoms with Crippen LogP contribution in [0.1, 0.15) is 59.9 Å². The van der Waals surface area contributed by atoms with Gasteiger partial charge in [0, 0.05) is 30.5 Å². The number of nitrogens with one attached hydrogen (secondary N) is 1. The molecule has 2 saturated heterocycles. The molecule has 1 amide bonds. The summed E-state index contributed by atoms with van der Waals surface area (Å²) in [6.07, 6.45) is 1.57. The Morgan fingerprint density at radius 1 is 1.00 bits per heavy atom. The number of amides is 1. The average molecular weight is 330 g/mol. The molecule has 132 valence electrons. The van der Waals surface area contributed by atoms with Crippen molar-refractivity contribution in [3.05, 3.63) is 35.9 Å². The summed E-state index contributed by atoms with van der Waals surface area (Å²) in [5.41, 5.74) is -0.400. The minimum Gasteiger partial charge on any atom is -0.340 e. The molecule has 0 radical (unpaired) electrons. The Balaban J connectivity index is 2.01. The number of ether oxygens (including phenoxy) is 1. The van der Waals surface area contributed by atoms with E-state index in [0.29, 0.717) is 6.54 Å². The van der Waals surface area contributed by atoms with Crippen molar-refractivity contribution in [2.45, 2.75) is 83.3 Å². The van der Waals surface area contributed by atoms with Gasteiger partial charge in [0.2, 0.25) is 0 Å². The van der Waals surface area contributed by atoms with Gasteiger partial charge in [-0.3, -0.25) is 4.79 Å². The van der Waals surface area contributed by atoms with Crippen LogP contribution in [0.15, 0.2) is 30.3 Å². The summed E-state index contributed by atoms with van der Waals surface area (Å²) in [7, 11) is 0. The molecule has 2 aliphatic heterocycles. The number of rotatable bonds is 2. The maximum Gasteiger partial charge on any atom is 0.256 e. The number of carbonyl (C=O) groups excluding carboxylic acids is 1. The zero-order valence-corrected chi connectivity index (χ0v) is 15.8. The first-order valence-corrected chi connectivity index (χ1v) is 8.80. The van der Waals surface area contributed by atoms with Crippen molar-refractivity contribution < 1.29 is 9.53 Å². The van der Waals surface area contributed by atoms with Gasteiger partial charge in [-0.1, -0.05) is 30.3 Å². The van der Waals surface area contributed by atoms with Crippen molar-refractivity contribution in [3.8, 4) is 0 Å². The summed E-state index contributed by atoms with van der Waals surface area (Å²) in [6.45, 7) is 13.1. The van der Waals surface area contributed by atoms with E-state index in [-0.39, 0.29) is 17.0 Å². The highest BCUT2D eigenvalue weighted by Crippen LogP contribution is 2.48. The first-order chi connectivity index (χ1) is 10.9. The van der Waals surface area contributed by atoms with Gasteiger partial charge in [0.05, 0.1) is 0 Å². The van der Waals surface area contributed by atoms with Crippen LogP contribution in [0.5, 0.6) is 0 Å². The number of benzene rings is 1. The lowest BCUT2D eigenvalue weighted by Crippen LogP contribution is -2.67. The molecule has 1 N–H and O–H groups in total. The maximum atomic E-state index is 13.1. The molecular formula is C20H30N2O2. The highest BCUT2D eigenvalue weighted by Gasteiger charge is 2.61. The third-order valence-corrected chi connectivity index (χ3v) is 4.99. The molecule has 0 atom stereocenters. The van der Waals surface area contributed by atoms with Crippen LogP contribution in [0.3, 0.4) is 0 Å². The second-order valence-electron chi connectivity index (χ2n) is 9.18. The molecule has 0 aromatic heterocycles. The summed E-state index contributed by atoms with van der Waals surface area (Å²) in [5.74, 6) is 0.0832. The second-order valence-corrected chi connectivity index (χ2v) is 9.18.